The zero-order valence-electron chi connectivity index (χ0n) is 20.9. The van der Waals surface area contributed by atoms with E-state index in [9.17, 15) is 18.4 Å². The number of halogens is 3. The SMILES string of the molecule is C=C/C(=C(/C)C=NCN=CC=C(N)C(=O)NC1CC1)n1c(C)cc(OCc2ncc(F)cc2F)c(Cl)c1=O. The molecule has 2 aromatic rings. The third-order valence-electron chi connectivity index (χ3n) is 5.37. The van der Waals surface area contributed by atoms with Gasteiger partial charge in [0.25, 0.3) is 11.5 Å². The van der Waals surface area contributed by atoms with E-state index in [-0.39, 0.29) is 47.4 Å². The van der Waals surface area contributed by atoms with Crippen LogP contribution in [0.2, 0.25) is 5.02 Å². The van der Waals surface area contributed by atoms with Crippen molar-refractivity contribution in [1.29, 1.82) is 0 Å². The largest absolute Gasteiger partial charge is 0.485 e. The van der Waals surface area contributed by atoms with Crippen LogP contribution in [0.3, 0.4) is 0 Å². The quantitative estimate of drug-likeness (QED) is 0.253. The maximum absolute atomic E-state index is 13.9. The van der Waals surface area contributed by atoms with E-state index >= 15 is 0 Å². The molecule has 0 saturated heterocycles. The molecule has 2 heterocycles. The summed E-state index contributed by atoms with van der Waals surface area (Å²) in [4.78, 5) is 36.8. The van der Waals surface area contributed by atoms with Crippen LogP contribution in [0.15, 0.2) is 63.1 Å². The van der Waals surface area contributed by atoms with Crippen molar-refractivity contribution in [2.75, 3.05) is 6.67 Å². The molecule has 9 nitrogen and oxygen atoms in total. The Morgan fingerprint density at radius 3 is 2.76 bits per heavy atom. The fourth-order valence-electron chi connectivity index (χ4n) is 3.25. The lowest BCUT2D eigenvalue weighted by Crippen LogP contribution is -2.30. The van der Waals surface area contributed by atoms with Crippen molar-refractivity contribution in [3.8, 4) is 5.75 Å². The topological polar surface area (TPSA) is 124 Å². The maximum Gasteiger partial charge on any atom is 0.277 e. The van der Waals surface area contributed by atoms with E-state index in [1.54, 1.807) is 13.8 Å². The molecule has 1 aliphatic rings. The van der Waals surface area contributed by atoms with Crippen LogP contribution in [0.1, 0.15) is 31.2 Å². The van der Waals surface area contributed by atoms with Gasteiger partial charge in [0.15, 0.2) is 5.82 Å². The number of carbonyl (C=O) groups excluding carboxylic acids is 1. The van der Waals surface area contributed by atoms with E-state index in [4.69, 9.17) is 22.1 Å². The normalized spacial score (nSPS) is 14.6. The Morgan fingerprint density at radius 1 is 1.37 bits per heavy atom. The molecule has 1 saturated carbocycles. The average molecular weight is 545 g/mol. The smallest absolute Gasteiger partial charge is 0.277 e. The van der Waals surface area contributed by atoms with Crippen molar-refractivity contribution in [1.82, 2.24) is 14.9 Å². The lowest BCUT2D eigenvalue weighted by atomic mass is 10.2. The van der Waals surface area contributed by atoms with Gasteiger partial charge in [0.2, 0.25) is 0 Å². The number of nitrogens with zero attached hydrogens (tertiary/aromatic N) is 4. The molecule has 0 bridgehead atoms. The number of ether oxygens (including phenoxy) is 1. The summed E-state index contributed by atoms with van der Waals surface area (Å²) in [7, 11) is 0. The number of amides is 1. The van der Waals surface area contributed by atoms with Gasteiger partial charge in [-0.15, -0.1) is 0 Å². The minimum Gasteiger partial charge on any atom is -0.485 e. The molecule has 0 aromatic carbocycles. The van der Waals surface area contributed by atoms with Crippen LogP contribution in [0, 0.1) is 18.6 Å². The third-order valence-corrected chi connectivity index (χ3v) is 5.72. The number of pyridine rings is 2. The van der Waals surface area contributed by atoms with Gasteiger partial charge in [-0.3, -0.25) is 29.1 Å². The van der Waals surface area contributed by atoms with Crippen molar-refractivity contribution in [2.45, 2.75) is 39.3 Å². The fourth-order valence-corrected chi connectivity index (χ4v) is 3.45. The Labute approximate surface area is 223 Å². The summed E-state index contributed by atoms with van der Waals surface area (Å²) in [6.45, 7) is 6.89. The number of rotatable bonds is 11. The first-order valence-electron chi connectivity index (χ1n) is 11.6. The Bertz CT molecular complexity index is 1410. The molecule has 0 spiro atoms. The predicted molar refractivity (Wildman–Crippen MR) is 143 cm³/mol. The van der Waals surface area contributed by atoms with Crippen LogP contribution in [0.5, 0.6) is 5.75 Å². The van der Waals surface area contributed by atoms with Gasteiger partial charge >= 0.3 is 0 Å². The van der Waals surface area contributed by atoms with Crippen molar-refractivity contribution >= 4 is 35.6 Å². The average Bonchev–Trinajstić information content (AvgIpc) is 3.69. The van der Waals surface area contributed by atoms with Gasteiger partial charge in [-0.2, -0.15) is 0 Å². The first-order chi connectivity index (χ1) is 18.1. The molecular weight excluding hydrogens is 518 g/mol. The van der Waals surface area contributed by atoms with E-state index in [0.29, 0.717) is 23.0 Å². The minimum absolute atomic E-state index is 0.0261. The van der Waals surface area contributed by atoms with Crippen molar-refractivity contribution in [3.05, 3.63) is 86.7 Å². The van der Waals surface area contributed by atoms with E-state index in [2.05, 4.69) is 26.9 Å². The van der Waals surface area contributed by atoms with Crippen molar-refractivity contribution in [2.24, 2.45) is 15.7 Å². The number of carbonyl (C=O) groups is 1. The molecule has 12 heteroatoms. The highest BCUT2D eigenvalue weighted by atomic mass is 35.5. The molecule has 3 N–H and O–H groups in total. The zero-order valence-corrected chi connectivity index (χ0v) is 21.6. The molecule has 1 fully saturated rings. The minimum atomic E-state index is -0.874. The zero-order chi connectivity index (χ0) is 27.8. The first-order valence-corrected chi connectivity index (χ1v) is 11.9. The number of nitrogens with two attached hydrogens (primary N) is 1. The predicted octanol–water partition coefficient (Wildman–Crippen LogP) is 3.70. The molecule has 0 unspecified atom stereocenters. The molecule has 200 valence electrons. The third kappa shape index (κ3) is 7.45. The number of aryl methyl sites for hydroxylation is 1. The van der Waals surface area contributed by atoms with Crippen molar-refractivity contribution in [3.63, 3.8) is 0 Å². The van der Waals surface area contributed by atoms with E-state index in [0.717, 1.165) is 19.0 Å². The summed E-state index contributed by atoms with van der Waals surface area (Å²) in [5.74, 6) is -1.99. The molecule has 0 atom stereocenters. The van der Waals surface area contributed by atoms with E-state index < -0.39 is 17.2 Å². The van der Waals surface area contributed by atoms with Crippen LogP contribution in [0.25, 0.3) is 5.70 Å². The van der Waals surface area contributed by atoms with Crippen LogP contribution >= 0.6 is 11.6 Å². The monoisotopic (exact) mass is 544 g/mol. The Hall–Kier alpha value is -4.12. The van der Waals surface area contributed by atoms with Gasteiger partial charge < -0.3 is 15.8 Å². The van der Waals surface area contributed by atoms with E-state index in [1.807, 2.05) is 0 Å². The molecule has 1 amide bonds. The summed E-state index contributed by atoms with van der Waals surface area (Å²) >= 11 is 6.26. The van der Waals surface area contributed by atoms with Gasteiger partial charge in [0.05, 0.1) is 17.6 Å². The Balaban J connectivity index is 1.71. The molecule has 2 aromatic heterocycles. The number of allylic oxidation sites excluding steroid dienone is 4. The summed E-state index contributed by atoms with van der Waals surface area (Å²) in [6, 6.07) is 2.41. The molecule has 3 rings (SSSR count). The summed E-state index contributed by atoms with van der Waals surface area (Å²) in [6.07, 6.45) is 8.60. The molecule has 38 heavy (non-hydrogen) atoms. The maximum atomic E-state index is 13.9. The Morgan fingerprint density at radius 2 is 2.11 bits per heavy atom. The second-order valence-electron chi connectivity index (χ2n) is 8.40. The lowest BCUT2D eigenvalue weighted by molar-refractivity contribution is -0.117. The van der Waals surface area contributed by atoms with Crippen LogP contribution < -0.4 is 21.3 Å². The summed E-state index contributed by atoms with van der Waals surface area (Å²) in [5, 5.41) is 2.54. The van der Waals surface area contributed by atoms with Crippen LogP contribution in [-0.4, -0.2) is 40.6 Å². The summed E-state index contributed by atoms with van der Waals surface area (Å²) in [5.41, 5.74) is 6.55. The number of hydrogen-bond acceptors (Lipinski definition) is 7. The van der Waals surface area contributed by atoms with Gasteiger partial charge in [-0.05, 0) is 44.4 Å². The number of aromatic nitrogens is 2. The van der Waals surface area contributed by atoms with Crippen molar-refractivity contribution < 1.29 is 18.3 Å². The second kappa shape index (κ2) is 12.9. The highest BCUT2D eigenvalue weighted by molar-refractivity contribution is 6.31. The lowest BCUT2D eigenvalue weighted by Gasteiger charge is -2.16. The van der Waals surface area contributed by atoms with Crippen LogP contribution in [-0.2, 0) is 11.4 Å². The van der Waals surface area contributed by atoms with Gasteiger partial charge in [0.1, 0.15) is 35.6 Å². The number of aliphatic imine (C=N–C) groups is 2. The first kappa shape index (κ1) is 28.5. The van der Waals surface area contributed by atoms with E-state index in [1.165, 1.54) is 35.2 Å². The molecule has 1 aliphatic carbocycles. The van der Waals surface area contributed by atoms with Gasteiger partial charge in [-0.25, -0.2) is 8.78 Å². The Kier molecular flexibility index (Phi) is 9.66. The highest BCUT2D eigenvalue weighted by Gasteiger charge is 2.23. The van der Waals surface area contributed by atoms with Crippen LogP contribution in [0.4, 0.5) is 8.78 Å². The second-order valence-corrected chi connectivity index (χ2v) is 8.78. The number of hydrogen-bond donors (Lipinski definition) is 2. The molecule has 0 aliphatic heterocycles. The standard InChI is InChI=1S/C26H27ClF2N6O3/c1-4-22(15(2)11-32-14-31-8-7-20(30)25(36)34-18-5-6-18)35-16(3)9-23(24(27)26(35)37)38-13-21-19(29)10-17(28)12-33-21/h4,7-12,18H,1,5-6,13-14,30H2,2-3H3,(H,34,36)/b20-7?,22-15+,31-8?,32-11?. The molecular formula is C26H27ClF2N6O3. The molecule has 0 radical (unpaired) electrons. The fraction of sp³-hybridized carbons (Fsp3) is 0.269. The van der Waals surface area contributed by atoms with Gasteiger partial charge in [-0.1, -0.05) is 18.2 Å². The highest BCUT2D eigenvalue weighted by Crippen LogP contribution is 2.25. The number of nitrogens with one attached hydrogen (secondary N) is 1. The summed E-state index contributed by atoms with van der Waals surface area (Å²) < 4.78 is 33.8. The van der Waals surface area contributed by atoms with Gasteiger partial charge in [0, 0.05) is 36.3 Å².